The van der Waals surface area contributed by atoms with Gasteiger partial charge in [-0.05, 0) is 54.8 Å². The van der Waals surface area contributed by atoms with Crippen molar-refractivity contribution < 1.29 is 14.7 Å². The molecule has 3 rings (SSSR count). The minimum absolute atomic E-state index is 0.00506. The number of anilines is 2. The molecule has 2 aromatic rings. The second-order valence-electron chi connectivity index (χ2n) is 6.56. The Kier molecular flexibility index (Phi) is 5.12. The van der Waals surface area contributed by atoms with Crippen LogP contribution in [0.5, 0.6) is 0 Å². The number of rotatable bonds is 6. The average molecular weight is 366 g/mol. The van der Waals surface area contributed by atoms with Crippen LogP contribution in [0.2, 0.25) is 0 Å². The molecule has 0 bridgehead atoms. The molecular weight excluding hydrogens is 344 g/mol. The van der Waals surface area contributed by atoms with Crippen molar-refractivity contribution in [3.8, 4) is 0 Å². The molecule has 0 unspecified atom stereocenters. The monoisotopic (exact) mass is 366 g/mol. The minimum Gasteiger partial charge on any atom is -0.481 e. The minimum atomic E-state index is -0.821. The van der Waals surface area contributed by atoms with Crippen LogP contribution in [0.15, 0.2) is 42.5 Å². The first-order valence-electron chi connectivity index (χ1n) is 8.71. The molecule has 1 aliphatic heterocycles. The molecule has 2 amide bonds. The van der Waals surface area contributed by atoms with Gasteiger partial charge in [0.2, 0.25) is 0 Å². The number of nitrogen functional groups attached to an aromatic ring is 1. The summed E-state index contributed by atoms with van der Waals surface area (Å²) in [5.41, 5.74) is 9.58. The highest BCUT2D eigenvalue weighted by atomic mass is 16.4. The molecule has 0 aromatic heterocycles. The molecule has 27 heavy (non-hydrogen) atoms. The van der Waals surface area contributed by atoms with E-state index in [1.807, 2.05) is 25.1 Å². The fraction of sp³-hybridized carbons (Fsp3) is 0.250. The number of nitrogens with one attached hydrogen (secondary N) is 1. The van der Waals surface area contributed by atoms with Crippen molar-refractivity contribution in [3.63, 3.8) is 0 Å². The number of nitrogens with zero attached hydrogens (tertiary/aromatic N) is 2. The Morgan fingerprint density at radius 3 is 2.41 bits per heavy atom. The van der Waals surface area contributed by atoms with Gasteiger partial charge in [-0.15, -0.1) is 0 Å². The highest BCUT2D eigenvalue weighted by Gasteiger charge is 2.31. The molecule has 0 atom stereocenters. The summed E-state index contributed by atoms with van der Waals surface area (Å²) < 4.78 is 0. The Labute approximate surface area is 157 Å². The van der Waals surface area contributed by atoms with Crippen molar-refractivity contribution >= 4 is 29.2 Å². The van der Waals surface area contributed by atoms with Gasteiger partial charge < -0.3 is 10.8 Å². The Morgan fingerprint density at radius 1 is 1.15 bits per heavy atom. The molecule has 7 heteroatoms. The van der Waals surface area contributed by atoms with Gasteiger partial charge in [-0.3, -0.25) is 20.0 Å². The number of hydrogen-bond donors (Lipinski definition) is 3. The molecule has 140 valence electrons. The van der Waals surface area contributed by atoms with Crippen molar-refractivity contribution in [3.05, 3.63) is 59.2 Å². The van der Waals surface area contributed by atoms with Crippen LogP contribution in [0.3, 0.4) is 0 Å². The largest absolute Gasteiger partial charge is 0.481 e. The summed E-state index contributed by atoms with van der Waals surface area (Å²) in [5.74, 6) is -0.826. The fourth-order valence-electron chi connectivity index (χ4n) is 3.25. The third kappa shape index (κ3) is 3.92. The van der Waals surface area contributed by atoms with Crippen LogP contribution < -0.4 is 15.5 Å². The molecule has 0 saturated carbocycles. The zero-order chi connectivity index (χ0) is 19.6. The van der Waals surface area contributed by atoms with Gasteiger partial charge in [-0.1, -0.05) is 12.1 Å². The first kappa shape index (κ1) is 18.4. The maximum atomic E-state index is 12.9. The van der Waals surface area contributed by atoms with Crippen LogP contribution in [-0.4, -0.2) is 36.0 Å². The summed E-state index contributed by atoms with van der Waals surface area (Å²) in [7, 11) is 0. The molecule has 4 N–H and O–H groups in total. The van der Waals surface area contributed by atoms with Gasteiger partial charge >= 0.3 is 12.0 Å². The van der Waals surface area contributed by atoms with Crippen LogP contribution in [0.4, 0.5) is 16.2 Å². The van der Waals surface area contributed by atoms with E-state index >= 15 is 0 Å². The molecule has 0 aliphatic carbocycles. The molecule has 1 heterocycles. The Hall–Kier alpha value is -3.35. The van der Waals surface area contributed by atoms with Gasteiger partial charge in [0.05, 0.1) is 0 Å². The molecular formula is C20H22N4O3. The standard InChI is InChI=1S/C20H22N4O3/c1-13-12-14(3-9-18(25)26)2-8-17(13)24-11-10-23(20(24)27)16-6-4-15(5-7-16)19(21)22/h2,4-8,12H,3,9-11H2,1H3,(H3,21,22)(H,25,26). The lowest BCUT2D eigenvalue weighted by atomic mass is 10.0. The molecule has 0 radical (unpaired) electrons. The highest BCUT2D eigenvalue weighted by molar-refractivity contribution is 6.06. The van der Waals surface area contributed by atoms with Crippen molar-refractivity contribution in [1.82, 2.24) is 0 Å². The van der Waals surface area contributed by atoms with Crippen molar-refractivity contribution in [2.45, 2.75) is 19.8 Å². The second-order valence-corrected chi connectivity index (χ2v) is 6.56. The molecule has 2 aromatic carbocycles. The third-order valence-electron chi connectivity index (χ3n) is 4.68. The lowest BCUT2D eigenvalue weighted by Crippen LogP contribution is -2.32. The lowest BCUT2D eigenvalue weighted by Gasteiger charge is -2.21. The van der Waals surface area contributed by atoms with Gasteiger partial charge in [-0.25, -0.2) is 4.79 Å². The van der Waals surface area contributed by atoms with Gasteiger partial charge in [0.1, 0.15) is 5.84 Å². The van der Waals surface area contributed by atoms with E-state index in [2.05, 4.69) is 0 Å². The first-order valence-corrected chi connectivity index (χ1v) is 8.71. The summed E-state index contributed by atoms with van der Waals surface area (Å²) >= 11 is 0. The third-order valence-corrected chi connectivity index (χ3v) is 4.68. The summed E-state index contributed by atoms with van der Waals surface area (Å²) in [5, 5.41) is 16.3. The predicted molar refractivity (Wildman–Crippen MR) is 105 cm³/mol. The number of nitrogens with two attached hydrogens (primary N) is 1. The number of carboxylic acids is 1. The number of carboxylic acid groups (broad SMARTS) is 1. The van der Waals surface area contributed by atoms with E-state index in [4.69, 9.17) is 16.2 Å². The maximum Gasteiger partial charge on any atom is 0.329 e. The van der Waals surface area contributed by atoms with Crippen LogP contribution >= 0.6 is 0 Å². The second kappa shape index (κ2) is 7.49. The number of urea groups is 1. The van der Waals surface area contributed by atoms with Crippen LogP contribution in [0.25, 0.3) is 0 Å². The Bertz CT molecular complexity index is 893. The first-order chi connectivity index (χ1) is 12.9. The smallest absolute Gasteiger partial charge is 0.329 e. The molecule has 7 nitrogen and oxygen atoms in total. The number of hydrogen-bond acceptors (Lipinski definition) is 3. The van der Waals surface area contributed by atoms with Crippen LogP contribution in [0.1, 0.15) is 23.1 Å². The molecule has 1 saturated heterocycles. The number of aryl methyl sites for hydroxylation is 2. The molecule has 1 fully saturated rings. The number of amidine groups is 1. The van der Waals surface area contributed by atoms with Gasteiger partial charge in [0.15, 0.2) is 0 Å². The fourth-order valence-corrected chi connectivity index (χ4v) is 3.25. The van der Waals surface area contributed by atoms with E-state index in [1.165, 1.54) is 0 Å². The number of aliphatic carboxylic acids is 1. The summed E-state index contributed by atoms with van der Waals surface area (Å²) in [6.45, 7) is 3.07. The van der Waals surface area contributed by atoms with E-state index < -0.39 is 5.97 Å². The summed E-state index contributed by atoms with van der Waals surface area (Å²) in [6.07, 6.45) is 0.560. The SMILES string of the molecule is Cc1cc(CCC(=O)O)ccc1N1CCN(c2ccc(C(=N)N)cc2)C1=O. The quantitative estimate of drug-likeness (QED) is 0.539. The predicted octanol–water partition coefficient (Wildman–Crippen LogP) is 2.74. The maximum absolute atomic E-state index is 12.9. The average Bonchev–Trinajstić information content (AvgIpc) is 3.01. The summed E-state index contributed by atoms with van der Waals surface area (Å²) in [4.78, 5) is 27.0. The normalized spacial score (nSPS) is 13.9. The topological polar surface area (TPSA) is 111 Å². The Balaban J connectivity index is 1.76. The van der Waals surface area contributed by atoms with Gasteiger partial charge in [0, 0.05) is 36.4 Å². The zero-order valence-electron chi connectivity index (χ0n) is 15.1. The summed E-state index contributed by atoms with van der Waals surface area (Å²) in [6, 6.07) is 12.6. The van der Waals surface area contributed by atoms with Crippen LogP contribution in [-0.2, 0) is 11.2 Å². The van der Waals surface area contributed by atoms with E-state index in [9.17, 15) is 9.59 Å². The Morgan fingerprint density at radius 2 is 1.81 bits per heavy atom. The van der Waals surface area contributed by atoms with Crippen molar-refractivity contribution in [2.75, 3.05) is 22.9 Å². The van der Waals surface area contributed by atoms with E-state index in [0.717, 1.165) is 22.5 Å². The highest BCUT2D eigenvalue weighted by Crippen LogP contribution is 2.28. The van der Waals surface area contributed by atoms with Crippen LogP contribution in [0, 0.1) is 12.3 Å². The van der Waals surface area contributed by atoms with E-state index in [1.54, 1.807) is 34.1 Å². The van der Waals surface area contributed by atoms with Crippen molar-refractivity contribution in [2.24, 2.45) is 5.73 Å². The van der Waals surface area contributed by atoms with E-state index in [-0.39, 0.29) is 18.3 Å². The van der Waals surface area contributed by atoms with Gasteiger partial charge in [-0.2, -0.15) is 0 Å². The van der Waals surface area contributed by atoms with Gasteiger partial charge in [0.25, 0.3) is 0 Å². The zero-order valence-corrected chi connectivity index (χ0v) is 15.1. The van der Waals surface area contributed by atoms with E-state index in [0.29, 0.717) is 25.1 Å². The van der Waals surface area contributed by atoms with Crippen molar-refractivity contribution in [1.29, 1.82) is 5.41 Å². The number of carbonyl (C=O) groups excluding carboxylic acids is 1. The molecule has 1 aliphatic rings. The number of benzene rings is 2. The lowest BCUT2D eigenvalue weighted by molar-refractivity contribution is -0.136. The number of carbonyl (C=O) groups is 2. The molecule has 0 spiro atoms. The number of amides is 2.